The minimum Gasteiger partial charge on any atom is -0.445 e. The molecule has 13 heteroatoms. The molecule has 2 fully saturated rings. The average molecular weight is 756 g/mol. The molecule has 2 aliphatic heterocycles. The second-order valence-electron chi connectivity index (χ2n) is 12.9. The fourth-order valence-corrected chi connectivity index (χ4v) is 6.77. The standard InChI is InChI=1S/C40H36Cl2N4O7/c41-36-37(42)45(24-43-36)21-32-18-34(29-11-9-25(22-47)10-12-29)53-39(52-32)30-15-13-28(14-16-30)31-8-4-7-27(17-31)20-46-35(48)19-33(38(46)49)44-40(50)51-23-26-5-2-1-3-6-26/h1-17,24,32-34,39,47H,18-23H2,(H,44,50)/t32-,33?,34+,39+/m0/s1. The molecule has 2 saturated heterocycles. The van der Waals surface area contributed by atoms with Crippen LogP contribution in [-0.2, 0) is 50.1 Å². The van der Waals surface area contributed by atoms with E-state index in [2.05, 4.69) is 10.3 Å². The maximum Gasteiger partial charge on any atom is 0.408 e. The Morgan fingerprint density at radius 1 is 0.868 bits per heavy atom. The molecule has 272 valence electrons. The zero-order valence-electron chi connectivity index (χ0n) is 28.4. The molecule has 1 aromatic heterocycles. The Bertz CT molecular complexity index is 2080. The number of rotatable bonds is 11. The van der Waals surface area contributed by atoms with Crippen molar-refractivity contribution in [1.82, 2.24) is 19.8 Å². The number of aliphatic hydroxyl groups excluding tert-OH is 1. The number of aromatic nitrogens is 2. The number of carbonyl (C=O) groups excluding carboxylic acids is 3. The number of hydrogen-bond donors (Lipinski definition) is 2. The molecule has 5 aromatic rings. The summed E-state index contributed by atoms with van der Waals surface area (Å²) in [4.78, 5) is 43.6. The Kier molecular flexibility index (Phi) is 11.2. The summed E-state index contributed by atoms with van der Waals surface area (Å²) in [5.74, 6) is -0.849. The van der Waals surface area contributed by atoms with Crippen LogP contribution in [0.15, 0.2) is 109 Å². The van der Waals surface area contributed by atoms with Gasteiger partial charge in [-0.15, -0.1) is 0 Å². The largest absolute Gasteiger partial charge is 0.445 e. The molecule has 0 saturated carbocycles. The number of imidazole rings is 1. The molecule has 11 nitrogen and oxygen atoms in total. The Morgan fingerprint density at radius 3 is 2.32 bits per heavy atom. The predicted molar refractivity (Wildman–Crippen MR) is 196 cm³/mol. The van der Waals surface area contributed by atoms with Gasteiger partial charge in [-0.2, -0.15) is 0 Å². The molecular formula is C40H36Cl2N4O7. The number of hydrogen-bond acceptors (Lipinski definition) is 8. The van der Waals surface area contributed by atoms with Gasteiger partial charge in [0.05, 0.1) is 44.7 Å². The van der Waals surface area contributed by atoms with Crippen molar-refractivity contribution in [3.63, 3.8) is 0 Å². The quantitative estimate of drug-likeness (QED) is 0.136. The normalized spacial score (nSPS) is 20.1. The number of imide groups is 1. The highest BCUT2D eigenvalue weighted by molar-refractivity contribution is 6.40. The topological polar surface area (TPSA) is 132 Å². The monoisotopic (exact) mass is 754 g/mol. The van der Waals surface area contributed by atoms with Gasteiger partial charge in [0.25, 0.3) is 5.91 Å². The van der Waals surface area contributed by atoms with Crippen molar-refractivity contribution in [2.24, 2.45) is 0 Å². The molecule has 53 heavy (non-hydrogen) atoms. The second kappa shape index (κ2) is 16.3. The third kappa shape index (κ3) is 8.62. The number of ether oxygens (including phenoxy) is 3. The van der Waals surface area contributed by atoms with Gasteiger partial charge in [-0.25, -0.2) is 9.78 Å². The molecule has 4 aromatic carbocycles. The van der Waals surface area contributed by atoms with Gasteiger partial charge in [-0.1, -0.05) is 120 Å². The van der Waals surface area contributed by atoms with Gasteiger partial charge in [0, 0.05) is 12.0 Å². The van der Waals surface area contributed by atoms with E-state index in [4.69, 9.17) is 37.4 Å². The summed E-state index contributed by atoms with van der Waals surface area (Å²) in [6.07, 6.45) is 0.00703. The molecule has 0 radical (unpaired) electrons. The van der Waals surface area contributed by atoms with Gasteiger partial charge in [0.15, 0.2) is 11.4 Å². The van der Waals surface area contributed by atoms with Gasteiger partial charge < -0.3 is 29.2 Å². The first kappa shape index (κ1) is 36.3. The van der Waals surface area contributed by atoms with Crippen molar-refractivity contribution in [1.29, 1.82) is 0 Å². The molecule has 1 unspecified atom stereocenters. The van der Waals surface area contributed by atoms with Crippen LogP contribution < -0.4 is 5.32 Å². The second-order valence-corrected chi connectivity index (χ2v) is 13.6. The van der Waals surface area contributed by atoms with E-state index in [1.54, 1.807) is 10.9 Å². The lowest BCUT2D eigenvalue weighted by atomic mass is 9.99. The van der Waals surface area contributed by atoms with Crippen LogP contribution in [0.4, 0.5) is 4.79 Å². The minimum absolute atomic E-state index is 0.0460. The van der Waals surface area contributed by atoms with Gasteiger partial charge in [0.2, 0.25) is 5.91 Å². The summed E-state index contributed by atoms with van der Waals surface area (Å²) in [6.45, 7) is 0.499. The molecule has 0 aliphatic carbocycles. The highest BCUT2D eigenvalue weighted by Crippen LogP contribution is 2.39. The van der Waals surface area contributed by atoms with Crippen LogP contribution in [0.2, 0.25) is 10.3 Å². The Hall–Kier alpha value is -5.04. The number of benzene rings is 4. The van der Waals surface area contributed by atoms with Crippen LogP contribution >= 0.6 is 23.2 Å². The van der Waals surface area contributed by atoms with Crippen LogP contribution in [0.3, 0.4) is 0 Å². The number of carbonyl (C=O) groups is 3. The molecule has 7 rings (SSSR count). The molecule has 4 atom stereocenters. The van der Waals surface area contributed by atoms with Crippen molar-refractivity contribution in [2.45, 2.75) is 63.7 Å². The summed E-state index contributed by atoms with van der Waals surface area (Å²) in [6, 6.07) is 31.3. The number of amides is 3. The van der Waals surface area contributed by atoms with Gasteiger partial charge in [-0.05, 0) is 39.4 Å². The van der Waals surface area contributed by atoms with Gasteiger partial charge in [0.1, 0.15) is 17.8 Å². The lowest BCUT2D eigenvalue weighted by molar-refractivity contribution is -0.252. The van der Waals surface area contributed by atoms with E-state index in [1.165, 1.54) is 0 Å². The smallest absolute Gasteiger partial charge is 0.408 e. The first-order valence-electron chi connectivity index (χ1n) is 17.1. The number of nitrogens with one attached hydrogen (secondary N) is 1. The molecular weight excluding hydrogens is 719 g/mol. The van der Waals surface area contributed by atoms with Crippen molar-refractivity contribution < 1.29 is 33.7 Å². The maximum atomic E-state index is 13.1. The fourth-order valence-electron chi connectivity index (χ4n) is 6.46. The van der Waals surface area contributed by atoms with E-state index in [-0.39, 0.29) is 49.4 Å². The lowest BCUT2D eigenvalue weighted by Crippen LogP contribution is -2.41. The summed E-state index contributed by atoms with van der Waals surface area (Å²) < 4.78 is 19.9. The van der Waals surface area contributed by atoms with E-state index in [1.807, 2.05) is 103 Å². The Labute approximate surface area is 316 Å². The third-order valence-electron chi connectivity index (χ3n) is 9.28. The number of alkyl carbamates (subject to hydrolysis) is 1. The summed E-state index contributed by atoms with van der Waals surface area (Å²) >= 11 is 12.5. The van der Waals surface area contributed by atoms with Crippen LogP contribution in [0.5, 0.6) is 0 Å². The summed E-state index contributed by atoms with van der Waals surface area (Å²) in [7, 11) is 0. The lowest BCUT2D eigenvalue weighted by Gasteiger charge is -2.36. The molecule has 3 heterocycles. The van der Waals surface area contributed by atoms with Crippen molar-refractivity contribution in [2.75, 3.05) is 0 Å². The molecule has 0 spiro atoms. The molecule has 3 amide bonds. The van der Waals surface area contributed by atoms with Crippen molar-refractivity contribution in [3.05, 3.63) is 148 Å². The highest BCUT2D eigenvalue weighted by Gasteiger charge is 2.40. The van der Waals surface area contributed by atoms with Crippen molar-refractivity contribution in [3.8, 4) is 11.1 Å². The van der Waals surface area contributed by atoms with Crippen LogP contribution in [0.25, 0.3) is 11.1 Å². The number of halogens is 2. The van der Waals surface area contributed by atoms with E-state index in [9.17, 15) is 19.5 Å². The minimum atomic E-state index is -0.987. The first-order valence-corrected chi connectivity index (χ1v) is 17.9. The first-order chi connectivity index (χ1) is 25.7. The molecule has 2 N–H and O–H groups in total. The maximum absolute atomic E-state index is 13.1. The third-order valence-corrected chi connectivity index (χ3v) is 10.1. The van der Waals surface area contributed by atoms with E-state index < -0.39 is 24.3 Å². The number of nitrogens with zero attached hydrogens (tertiary/aromatic N) is 3. The number of aliphatic hydroxyl groups is 1. The van der Waals surface area contributed by atoms with E-state index >= 15 is 0 Å². The van der Waals surface area contributed by atoms with Gasteiger partial charge in [-0.3, -0.25) is 14.5 Å². The highest BCUT2D eigenvalue weighted by atomic mass is 35.5. The summed E-state index contributed by atoms with van der Waals surface area (Å²) in [5.41, 5.74) is 5.97. The zero-order chi connectivity index (χ0) is 36.9. The van der Waals surface area contributed by atoms with Crippen LogP contribution in [0, 0.1) is 0 Å². The van der Waals surface area contributed by atoms with Crippen LogP contribution in [-0.4, -0.2) is 49.6 Å². The summed E-state index contributed by atoms with van der Waals surface area (Å²) in [5, 5.41) is 12.6. The fraction of sp³-hybridized carbons (Fsp3) is 0.250. The average Bonchev–Trinajstić information content (AvgIpc) is 3.64. The van der Waals surface area contributed by atoms with Gasteiger partial charge >= 0.3 is 6.09 Å². The van der Waals surface area contributed by atoms with Crippen molar-refractivity contribution >= 4 is 41.1 Å². The SMILES string of the molecule is O=C(NC1CC(=O)N(Cc2cccc(-c3ccc([C@@H]4O[C@H](Cn5cnc(Cl)c5Cl)C[C@H](c5ccc(CO)cc5)O4)cc3)c2)C1=O)OCc1ccccc1. The number of likely N-dealkylation sites (tertiary alicyclic amines) is 1. The predicted octanol–water partition coefficient (Wildman–Crippen LogP) is 7.15. The molecule has 0 bridgehead atoms. The van der Waals surface area contributed by atoms with Crippen LogP contribution in [0.1, 0.15) is 53.1 Å². The van der Waals surface area contributed by atoms with E-state index in [0.29, 0.717) is 18.1 Å². The Balaban J connectivity index is 1.01. The zero-order valence-corrected chi connectivity index (χ0v) is 30.0. The Morgan fingerprint density at radius 2 is 1.60 bits per heavy atom. The molecule has 2 aliphatic rings. The van der Waals surface area contributed by atoms with E-state index in [0.717, 1.165) is 43.8 Å².